The number of hydrogen-bond acceptors (Lipinski definition) is 4. The van der Waals surface area contributed by atoms with Crippen LogP contribution in [0.1, 0.15) is 37.2 Å². The van der Waals surface area contributed by atoms with Crippen molar-refractivity contribution >= 4 is 22.6 Å². The van der Waals surface area contributed by atoms with Crippen LogP contribution in [0.4, 0.5) is 22.0 Å². The first-order valence-corrected chi connectivity index (χ1v) is 7.67. The Morgan fingerprint density at radius 2 is 1.72 bits per heavy atom. The smallest absolute Gasteiger partial charge is 0.293 e. The van der Waals surface area contributed by atoms with Gasteiger partial charge in [-0.3, -0.25) is 9.36 Å². The third-order valence-corrected chi connectivity index (χ3v) is 5.43. The lowest BCUT2D eigenvalue weighted by Crippen LogP contribution is -2.70. The van der Waals surface area contributed by atoms with Gasteiger partial charge < -0.3 is 0 Å². The van der Waals surface area contributed by atoms with E-state index in [4.69, 9.17) is 11.6 Å². The molecule has 0 N–H and O–H groups in total. The van der Waals surface area contributed by atoms with Crippen LogP contribution in [-0.2, 0) is 12.5 Å². The summed E-state index contributed by atoms with van der Waals surface area (Å²) in [6, 6.07) is 0. The molecule has 3 fully saturated rings. The lowest BCUT2D eigenvalue weighted by atomic mass is 9.34. The van der Waals surface area contributed by atoms with Crippen LogP contribution >= 0.6 is 11.6 Å². The summed E-state index contributed by atoms with van der Waals surface area (Å²) in [4.78, 5) is 23.8. The van der Waals surface area contributed by atoms with E-state index in [1.165, 1.54) is 0 Å². The van der Waals surface area contributed by atoms with Crippen LogP contribution in [0.5, 0.6) is 0 Å². The summed E-state index contributed by atoms with van der Waals surface area (Å²) in [7, 11) is 1.12. The Kier molecular flexibility index (Phi) is 3.10. The number of alkyl halides is 5. The highest BCUT2D eigenvalue weighted by Crippen LogP contribution is 2.78. The summed E-state index contributed by atoms with van der Waals surface area (Å²) >= 11 is 5.81. The van der Waals surface area contributed by atoms with Crippen molar-refractivity contribution in [2.45, 2.75) is 37.3 Å². The summed E-state index contributed by atoms with van der Waals surface area (Å²) < 4.78 is 66.1. The molecule has 0 radical (unpaired) electrons. The molecule has 0 aromatic carbocycles. The SMILES string of the molecule is Cn1c(C(F)F)nc2c(C34CC(C(F)(F)F)(C3)C4)nc(Cl)nc2c1=O. The molecule has 2 aromatic rings. The molecule has 5 nitrogen and oxygen atoms in total. The zero-order valence-electron chi connectivity index (χ0n) is 12.7. The van der Waals surface area contributed by atoms with Crippen molar-refractivity contribution in [3.05, 3.63) is 27.2 Å². The Labute approximate surface area is 141 Å². The summed E-state index contributed by atoms with van der Waals surface area (Å²) in [6.07, 6.45) is -8.01. The molecule has 0 saturated heterocycles. The molecular weight excluding hydrogens is 371 g/mol. The van der Waals surface area contributed by atoms with E-state index in [1.807, 2.05) is 0 Å². The van der Waals surface area contributed by atoms with Crippen LogP contribution in [0.3, 0.4) is 0 Å². The lowest BCUT2D eigenvalue weighted by molar-refractivity contribution is -0.337. The predicted octanol–water partition coefficient (Wildman–Crippen LogP) is 3.30. The first-order chi connectivity index (χ1) is 11.5. The maximum absolute atomic E-state index is 13.1. The van der Waals surface area contributed by atoms with E-state index in [1.54, 1.807) is 0 Å². The lowest BCUT2D eigenvalue weighted by Gasteiger charge is -2.70. The van der Waals surface area contributed by atoms with Gasteiger partial charge in [-0.2, -0.15) is 13.2 Å². The second-order valence-corrected chi connectivity index (χ2v) is 7.10. The van der Waals surface area contributed by atoms with E-state index in [0.717, 1.165) is 7.05 Å². The first-order valence-electron chi connectivity index (χ1n) is 7.29. The molecule has 3 saturated carbocycles. The van der Waals surface area contributed by atoms with E-state index in [2.05, 4.69) is 15.0 Å². The van der Waals surface area contributed by atoms with Crippen molar-refractivity contribution < 1.29 is 22.0 Å². The molecule has 134 valence electrons. The number of nitrogens with zero attached hydrogens (tertiary/aromatic N) is 4. The van der Waals surface area contributed by atoms with Crippen LogP contribution < -0.4 is 5.56 Å². The fourth-order valence-electron chi connectivity index (χ4n) is 4.04. The average molecular weight is 381 g/mol. The standard InChI is InChI=1S/C14H10ClF5N4O/c1-24-9(8(16)17)21-5-6(10(24)25)22-11(15)23-7(5)12-2-13(3-12,4-12)14(18,19)20/h8H,2-4H2,1H3. The maximum atomic E-state index is 13.1. The molecule has 11 heteroatoms. The molecule has 0 spiro atoms. The van der Waals surface area contributed by atoms with Gasteiger partial charge in [0.25, 0.3) is 12.0 Å². The molecule has 0 aliphatic heterocycles. The highest BCUT2D eigenvalue weighted by molar-refractivity contribution is 6.28. The summed E-state index contributed by atoms with van der Waals surface area (Å²) in [6.45, 7) is 0. The van der Waals surface area contributed by atoms with Gasteiger partial charge in [0.05, 0.1) is 11.1 Å². The van der Waals surface area contributed by atoms with E-state index in [-0.39, 0.29) is 41.3 Å². The number of halogens is 6. The van der Waals surface area contributed by atoms with Gasteiger partial charge in [-0.1, -0.05) is 0 Å². The zero-order chi connectivity index (χ0) is 18.4. The van der Waals surface area contributed by atoms with Gasteiger partial charge in [0.1, 0.15) is 5.52 Å². The van der Waals surface area contributed by atoms with Crippen LogP contribution in [0.15, 0.2) is 4.79 Å². The minimum atomic E-state index is -4.33. The minimum Gasteiger partial charge on any atom is -0.293 e. The number of aromatic nitrogens is 4. The second kappa shape index (κ2) is 4.66. The third-order valence-electron chi connectivity index (χ3n) is 5.26. The summed E-state index contributed by atoms with van der Waals surface area (Å²) in [5.41, 5.74) is -3.97. The summed E-state index contributed by atoms with van der Waals surface area (Å²) in [5, 5.41) is -0.322. The van der Waals surface area contributed by atoms with Gasteiger partial charge in [-0.25, -0.2) is 23.7 Å². The molecule has 2 bridgehead atoms. The Bertz CT molecular complexity index is 951. The Morgan fingerprint density at radius 3 is 2.24 bits per heavy atom. The quantitative estimate of drug-likeness (QED) is 0.592. The van der Waals surface area contributed by atoms with Gasteiger partial charge in [-0.15, -0.1) is 0 Å². The van der Waals surface area contributed by atoms with E-state index in [9.17, 15) is 26.7 Å². The van der Waals surface area contributed by atoms with Crippen molar-refractivity contribution in [2.24, 2.45) is 12.5 Å². The highest BCUT2D eigenvalue weighted by atomic mass is 35.5. The number of fused-ring (bicyclic) bond motifs is 1. The average Bonchev–Trinajstić information content (AvgIpc) is 2.38. The van der Waals surface area contributed by atoms with Gasteiger partial charge in [0, 0.05) is 12.5 Å². The molecule has 3 aliphatic rings. The molecule has 0 amide bonds. The van der Waals surface area contributed by atoms with Crippen LogP contribution in [-0.4, -0.2) is 25.7 Å². The Hall–Kier alpha value is -1.84. The van der Waals surface area contributed by atoms with Gasteiger partial charge in [-0.05, 0) is 30.9 Å². The van der Waals surface area contributed by atoms with Crippen LogP contribution in [0.25, 0.3) is 11.0 Å². The van der Waals surface area contributed by atoms with E-state index >= 15 is 0 Å². The molecular formula is C14H10ClF5N4O. The minimum absolute atomic E-state index is 0.0493. The fraction of sp³-hybridized carbons (Fsp3) is 0.571. The number of hydrogen-bond donors (Lipinski definition) is 0. The Morgan fingerprint density at radius 1 is 1.12 bits per heavy atom. The van der Waals surface area contributed by atoms with Crippen LogP contribution in [0.2, 0.25) is 5.28 Å². The highest BCUT2D eigenvalue weighted by Gasteiger charge is 2.79. The van der Waals surface area contributed by atoms with E-state index < -0.39 is 34.8 Å². The van der Waals surface area contributed by atoms with Crippen molar-refractivity contribution in [3.8, 4) is 0 Å². The maximum Gasteiger partial charge on any atom is 0.394 e. The zero-order valence-corrected chi connectivity index (χ0v) is 13.4. The largest absolute Gasteiger partial charge is 0.394 e. The molecule has 3 aliphatic carbocycles. The molecule has 0 atom stereocenters. The molecule has 0 unspecified atom stereocenters. The topological polar surface area (TPSA) is 60.7 Å². The third kappa shape index (κ3) is 2.00. The van der Waals surface area contributed by atoms with Crippen LogP contribution in [0, 0.1) is 5.41 Å². The normalized spacial score (nSPS) is 28.2. The summed E-state index contributed by atoms with van der Waals surface area (Å²) in [5.74, 6) is -0.790. The second-order valence-electron chi connectivity index (χ2n) is 6.76. The van der Waals surface area contributed by atoms with Crippen molar-refractivity contribution in [1.29, 1.82) is 0 Å². The molecule has 2 heterocycles. The number of rotatable bonds is 2. The van der Waals surface area contributed by atoms with Gasteiger partial charge >= 0.3 is 6.18 Å². The van der Waals surface area contributed by atoms with Gasteiger partial charge in [0.15, 0.2) is 11.3 Å². The fourth-order valence-corrected chi connectivity index (χ4v) is 4.21. The molecule has 5 rings (SSSR count). The Balaban J connectivity index is 1.91. The monoisotopic (exact) mass is 380 g/mol. The van der Waals surface area contributed by atoms with Gasteiger partial charge in [0.2, 0.25) is 5.28 Å². The molecule has 25 heavy (non-hydrogen) atoms. The van der Waals surface area contributed by atoms with Crippen molar-refractivity contribution in [1.82, 2.24) is 19.5 Å². The van der Waals surface area contributed by atoms with Crippen molar-refractivity contribution in [3.63, 3.8) is 0 Å². The van der Waals surface area contributed by atoms with E-state index in [0.29, 0.717) is 4.57 Å². The first kappa shape index (κ1) is 16.6. The van der Waals surface area contributed by atoms with Crippen molar-refractivity contribution in [2.75, 3.05) is 0 Å². The molecule has 2 aromatic heterocycles. The predicted molar refractivity (Wildman–Crippen MR) is 76.6 cm³/mol.